The molecule has 98 valence electrons. The molecule has 2 rings (SSSR count). The van der Waals surface area contributed by atoms with Crippen molar-refractivity contribution in [1.82, 2.24) is 0 Å². The van der Waals surface area contributed by atoms with E-state index in [1.54, 1.807) is 12.1 Å². The second kappa shape index (κ2) is 6.02. The molecule has 2 nitrogen and oxygen atoms in total. The van der Waals surface area contributed by atoms with Gasteiger partial charge in [-0.25, -0.2) is 0 Å². The van der Waals surface area contributed by atoms with E-state index in [2.05, 4.69) is 15.9 Å². The first-order valence-electron chi connectivity index (χ1n) is 6.14. The number of ether oxygens (including phenoxy) is 1. The van der Waals surface area contributed by atoms with Crippen LogP contribution in [0.15, 0.2) is 53.0 Å². The summed E-state index contributed by atoms with van der Waals surface area (Å²) >= 11 is 3.41. The molecule has 0 aliphatic rings. The van der Waals surface area contributed by atoms with Gasteiger partial charge in [0.25, 0.3) is 0 Å². The van der Waals surface area contributed by atoms with Crippen molar-refractivity contribution in [2.24, 2.45) is 0 Å². The molecule has 0 fully saturated rings. The molecule has 0 radical (unpaired) electrons. The highest BCUT2D eigenvalue weighted by molar-refractivity contribution is 9.10. The van der Waals surface area contributed by atoms with Crippen molar-refractivity contribution in [1.29, 1.82) is 0 Å². The molecule has 0 saturated heterocycles. The highest BCUT2D eigenvalue weighted by Gasteiger charge is 2.16. The number of rotatable bonds is 4. The summed E-state index contributed by atoms with van der Waals surface area (Å²) in [7, 11) is 0. The van der Waals surface area contributed by atoms with E-state index in [1.165, 1.54) is 0 Å². The lowest BCUT2D eigenvalue weighted by molar-refractivity contribution is 0.103. The SMILES string of the molecule is CC(C)Oc1ccccc1C(=O)c1ccccc1Br. The average molecular weight is 319 g/mol. The fourth-order valence-corrected chi connectivity index (χ4v) is 2.27. The van der Waals surface area contributed by atoms with E-state index < -0.39 is 0 Å². The summed E-state index contributed by atoms with van der Waals surface area (Å²) in [5.41, 5.74) is 1.23. The normalized spacial score (nSPS) is 10.5. The van der Waals surface area contributed by atoms with Gasteiger partial charge in [0.05, 0.1) is 11.7 Å². The fourth-order valence-electron chi connectivity index (χ4n) is 1.80. The predicted octanol–water partition coefficient (Wildman–Crippen LogP) is 4.47. The number of benzene rings is 2. The van der Waals surface area contributed by atoms with Gasteiger partial charge in [0.15, 0.2) is 5.78 Å². The fraction of sp³-hybridized carbons (Fsp3) is 0.188. The first-order chi connectivity index (χ1) is 9.09. The minimum atomic E-state index is -0.0382. The van der Waals surface area contributed by atoms with Crippen molar-refractivity contribution in [3.63, 3.8) is 0 Å². The molecule has 0 saturated carbocycles. The third-order valence-corrected chi connectivity index (χ3v) is 3.30. The van der Waals surface area contributed by atoms with Gasteiger partial charge in [0.1, 0.15) is 5.75 Å². The first-order valence-corrected chi connectivity index (χ1v) is 6.94. The monoisotopic (exact) mass is 318 g/mol. The Bertz CT molecular complexity index is 591. The summed E-state index contributed by atoms with van der Waals surface area (Å²) in [5.74, 6) is 0.585. The minimum Gasteiger partial charge on any atom is -0.490 e. The molecule has 0 bridgehead atoms. The van der Waals surface area contributed by atoms with Gasteiger partial charge in [-0.05, 0) is 38.1 Å². The van der Waals surface area contributed by atoms with Gasteiger partial charge < -0.3 is 4.74 Å². The van der Waals surface area contributed by atoms with Crippen molar-refractivity contribution >= 4 is 21.7 Å². The quantitative estimate of drug-likeness (QED) is 0.777. The Hall–Kier alpha value is -1.61. The van der Waals surface area contributed by atoms with Crippen LogP contribution in [-0.2, 0) is 0 Å². The molecule has 2 aromatic rings. The average Bonchev–Trinajstić information content (AvgIpc) is 2.38. The van der Waals surface area contributed by atoms with Crippen LogP contribution in [0.3, 0.4) is 0 Å². The Morgan fingerprint density at radius 3 is 2.21 bits per heavy atom. The van der Waals surface area contributed by atoms with Gasteiger partial charge in [-0.1, -0.05) is 40.2 Å². The summed E-state index contributed by atoms with van der Waals surface area (Å²) in [4.78, 5) is 12.6. The first kappa shape index (κ1) is 13.8. The van der Waals surface area contributed by atoms with Crippen molar-refractivity contribution in [3.8, 4) is 5.75 Å². The number of hydrogen-bond acceptors (Lipinski definition) is 2. The third kappa shape index (κ3) is 3.24. The Morgan fingerprint density at radius 1 is 1.00 bits per heavy atom. The third-order valence-electron chi connectivity index (χ3n) is 2.61. The molecule has 0 atom stereocenters. The smallest absolute Gasteiger partial charge is 0.197 e. The summed E-state index contributed by atoms with van der Waals surface area (Å²) in [6, 6.07) is 14.7. The maximum absolute atomic E-state index is 12.6. The highest BCUT2D eigenvalue weighted by Crippen LogP contribution is 2.26. The van der Waals surface area contributed by atoms with Crippen LogP contribution in [0.25, 0.3) is 0 Å². The van der Waals surface area contributed by atoms with Gasteiger partial charge in [-0.2, -0.15) is 0 Å². The molecular weight excluding hydrogens is 304 g/mol. The number of carbonyl (C=O) groups is 1. The Morgan fingerprint density at radius 2 is 1.58 bits per heavy atom. The zero-order chi connectivity index (χ0) is 13.8. The van der Waals surface area contributed by atoms with E-state index in [-0.39, 0.29) is 11.9 Å². The van der Waals surface area contributed by atoms with Gasteiger partial charge in [-0.3, -0.25) is 4.79 Å². The van der Waals surface area contributed by atoms with Gasteiger partial charge >= 0.3 is 0 Å². The Balaban J connectivity index is 2.42. The van der Waals surface area contributed by atoms with Crippen LogP contribution >= 0.6 is 15.9 Å². The molecule has 0 unspecified atom stereocenters. The van der Waals surface area contributed by atoms with Gasteiger partial charge in [-0.15, -0.1) is 0 Å². The lowest BCUT2D eigenvalue weighted by Gasteiger charge is -2.13. The van der Waals surface area contributed by atoms with Crippen molar-refractivity contribution < 1.29 is 9.53 Å². The number of halogens is 1. The molecule has 19 heavy (non-hydrogen) atoms. The van der Waals surface area contributed by atoms with E-state index in [0.717, 1.165) is 4.47 Å². The van der Waals surface area contributed by atoms with E-state index in [0.29, 0.717) is 16.9 Å². The van der Waals surface area contributed by atoms with Gasteiger partial charge in [0.2, 0.25) is 0 Å². The summed E-state index contributed by atoms with van der Waals surface area (Å²) in [6.07, 6.45) is 0.0353. The number of ketones is 1. The lowest BCUT2D eigenvalue weighted by atomic mass is 10.0. The topological polar surface area (TPSA) is 26.3 Å². The number of para-hydroxylation sites is 1. The molecule has 3 heteroatoms. The minimum absolute atomic E-state index is 0.0353. The van der Waals surface area contributed by atoms with Crippen LogP contribution in [0.5, 0.6) is 5.75 Å². The number of carbonyl (C=O) groups excluding carboxylic acids is 1. The van der Waals surface area contributed by atoms with Crippen LogP contribution in [0, 0.1) is 0 Å². The van der Waals surface area contributed by atoms with Crippen LogP contribution in [0.1, 0.15) is 29.8 Å². The molecule has 0 N–H and O–H groups in total. The van der Waals surface area contributed by atoms with Gasteiger partial charge in [0, 0.05) is 10.0 Å². The van der Waals surface area contributed by atoms with E-state index in [9.17, 15) is 4.79 Å². The van der Waals surface area contributed by atoms with E-state index >= 15 is 0 Å². The van der Waals surface area contributed by atoms with Crippen molar-refractivity contribution in [2.75, 3.05) is 0 Å². The van der Waals surface area contributed by atoms with E-state index in [4.69, 9.17) is 4.74 Å². The predicted molar refractivity (Wildman–Crippen MR) is 79.8 cm³/mol. The summed E-state index contributed by atoms with van der Waals surface area (Å²) in [5, 5.41) is 0. The second-order valence-electron chi connectivity index (χ2n) is 4.47. The standard InChI is InChI=1S/C16H15BrO2/c1-11(2)19-15-10-6-4-8-13(15)16(18)12-7-3-5-9-14(12)17/h3-11H,1-2H3. The summed E-state index contributed by atoms with van der Waals surface area (Å²) < 4.78 is 6.48. The molecule has 0 amide bonds. The summed E-state index contributed by atoms with van der Waals surface area (Å²) in [6.45, 7) is 3.89. The maximum Gasteiger partial charge on any atom is 0.197 e. The zero-order valence-corrected chi connectivity index (χ0v) is 12.5. The Kier molecular flexibility index (Phi) is 4.38. The lowest BCUT2D eigenvalue weighted by Crippen LogP contribution is -2.11. The molecule has 0 spiro atoms. The van der Waals surface area contributed by atoms with Crippen molar-refractivity contribution in [3.05, 3.63) is 64.1 Å². The van der Waals surface area contributed by atoms with Crippen LogP contribution < -0.4 is 4.74 Å². The maximum atomic E-state index is 12.6. The van der Waals surface area contributed by atoms with E-state index in [1.807, 2.05) is 50.2 Å². The second-order valence-corrected chi connectivity index (χ2v) is 5.33. The number of hydrogen-bond donors (Lipinski definition) is 0. The van der Waals surface area contributed by atoms with Crippen LogP contribution in [0.2, 0.25) is 0 Å². The molecular formula is C16H15BrO2. The zero-order valence-electron chi connectivity index (χ0n) is 10.9. The molecule has 0 aliphatic heterocycles. The van der Waals surface area contributed by atoms with Crippen LogP contribution in [0.4, 0.5) is 0 Å². The molecule has 0 aromatic heterocycles. The highest BCUT2D eigenvalue weighted by atomic mass is 79.9. The Labute approximate surface area is 121 Å². The largest absolute Gasteiger partial charge is 0.490 e. The molecule has 0 aliphatic carbocycles. The van der Waals surface area contributed by atoms with Crippen molar-refractivity contribution in [2.45, 2.75) is 20.0 Å². The van der Waals surface area contributed by atoms with Crippen LogP contribution in [-0.4, -0.2) is 11.9 Å². The molecule has 0 heterocycles. The molecule has 2 aromatic carbocycles.